The van der Waals surface area contributed by atoms with Gasteiger partial charge in [-0.3, -0.25) is 24.5 Å². The first-order valence-electron chi connectivity index (χ1n) is 12.5. The van der Waals surface area contributed by atoms with E-state index in [4.69, 9.17) is 0 Å². The highest BCUT2D eigenvalue weighted by Gasteiger charge is 2.46. The lowest BCUT2D eigenvalue weighted by atomic mass is 9.71. The van der Waals surface area contributed by atoms with Crippen LogP contribution in [0.25, 0.3) is 0 Å². The van der Waals surface area contributed by atoms with Crippen molar-refractivity contribution in [1.29, 1.82) is 0 Å². The standard InChI is InChI=1S/C27H26F2N4O4/c28-18-9-16(10-19(29)12-18)25(36)31-7-5-27(6-8-31)14-32(15-27)20-1-2-21-17(11-20)13-33(26(21)37)22-3-4-23(34)30-24(22)35/h1-2,9-12,22H,3-8,13-15H2,(H,30,34,35). The van der Waals surface area contributed by atoms with Gasteiger partial charge in [0, 0.05) is 67.4 Å². The first-order chi connectivity index (χ1) is 17.7. The predicted molar refractivity (Wildman–Crippen MR) is 129 cm³/mol. The fourth-order valence-electron chi connectivity index (χ4n) is 6.06. The number of anilines is 1. The molecule has 192 valence electrons. The Morgan fingerprint density at radius 1 is 0.973 bits per heavy atom. The number of fused-ring (bicyclic) bond motifs is 1. The van der Waals surface area contributed by atoms with E-state index in [1.165, 1.54) is 0 Å². The molecule has 4 amide bonds. The van der Waals surface area contributed by atoms with E-state index >= 15 is 0 Å². The number of nitrogens with one attached hydrogen (secondary N) is 1. The molecule has 1 spiro atoms. The molecule has 3 saturated heterocycles. The zero-order valence-electron chi connectivity index (χ0n) is 20.1. The minimum Gasteiger partial charge on any atom is -0.370 e. The van der Waals surface area contributed by atoms with Crippen LogP contribution in [-0.2, 0) is 16.1 Å². The number of amides is 4. The third kappa shape index (κ3) is 4.14. The average Bonchev–Trinajstić information content (AvgIpc) is 3.17. The maximum absolute atomic E-state index is 13.5. The van der Waals surface area contributed by atoms with Crippen molar-refractivity contribution >= 4 is 29.3 Å². The van der Waals surface area contributed by atoms with Gasteiger partial charge in [0.2, 0.25) is 11.8 Å². The Morgan fingerprint density at radius 2 is 1.68 bits per heavy atom. The molecule has 1 N–H and O–H groups in total. The average molecular weight is 509 g/mol. The molecule has 10 heteroatoms. The van der Waals surface area contributed by atoms with Gasteiger partial charge in [-0.15, -0.1) is 0 Å². The van der Waals surface area contributed by atoms with Crippen molar-refractivity contribution in [3.8, 4) is 0 Å². The molecule has 0 radical (unpaired) electrons. The summed E-state index contributed by atoms with van der Waals surface area (Å²) in [6.45, 7) is 3.06. The van der Waals surface area contributed by atoms with Crippen molar-refractivity contribution in [3.63, 3.8) is 0 Å². The molecule has 4 heterocycles. The van der Waals surface area contributed by atoms with E-state index in [2.05, 4.69) is 10.2 Å². The second kappa shape index (κ2) is 8.64. The van der Waals surface area contributed by atoms with Gasteiger partial charge in [-0.2, -0.15) is 0 Å². The highest BCUT2D eigenvalue weighted by Crippen LogP contribution is 2.43. The van der Waals surface area contributed by atoms with E-state index in [0.717, 1.165) is 55.4 Å². The molecular weight excluding hydrogens is 482 g/mol. The third-order valence-electron chi connectivity index (χ3n) is 8.15. The van der Waals surface area contributed by atoms with E-state index in [1.54, 1.807) is 9.80 Å². The number of benzene rings is 2. The fraction of sp³-hybridized carbons (Fsp3) is 0.407. The zero-order chi connectivity index (χ0) is 25.9. The summed E-state index contributed by atoms with van der Waals surface area (Å²) in [6.07, 6.45) is 2.17. The number of hydrogen-bond donors (Lipinski definition) is 1. The Morgan fingerprint density at radius 3 is 2.35 bits per heavy atom. The van der Waals surface area contributed by atoms with Gasteiger partial charge in [0.05, 0.1) is 0 Å². The second-order valence-corrected chi connectivity index (χ2v) is 10.5. The van der Waals surface area contributed by atoms with E-state index in [0.29, 0.717) is 31.6 Å². The number of halogens is 2. The Hall–Kier alpha value is -3.82. The van der Waals surface area contributed by atoms with E-state index in [-0.39, 0.29) is 35.1 Å². The van der Waals surface area contributed by atoms with Crippen LogP contribution in [0.15, 0.2) is 36.4 Å². The maximum Gasteiger partial charge on any atom is 0.255 e. The molecule has 37 heavy (non-hydrogen) atoms. The van der Waals surface area contributed by atoms with Crippen LogP contribution < -0.4 is 10.2 Å². The molecule has 2 aromatic rings. The highest BCUT2D eigenvalue weighted by atomic mass is 19.1. The highest BCUT2D eigenvalue weighted by molar-refractivity contribution is 6.05. The molecule has 8 nitrogen and oxygen atoms in total. The molecule has 0 aliphatic carbocycles. The Kier molecular flexibility index (Phi) is 5.50. The molecule has 0 saturated carbocycles. The van der Waals surface area contributed by atoms with Crippen LogP contribution in [0.2, 0.25) is 0 Å². The summed E-state index contributed by atoms with van der Waals surface area (Å²) in [4.78, 5) is 54.9. The van der Waals surface area contributed by atoms with Gasteiger partial charge in [-0.1, -0.05) is 0 Å². The summed E-state index contributed by atoms with van der Waals surface area (Å²) in [6, 6.07) is 8.00. The van der Waals surface area contributed by atoms with Crippen LogP contribution in [0.1, 0.15) is 52.0 Å². The quantitative estimate of drug-likeness (QED) is 0.644. The normalized spacial score (nSPS) is 22.7. The minimum absolute atomic E-state index is 0.0303. The summed E-state index contributed by atoms with van der Waals surface area (Å²) in [5, 5.41) is 2.32. The van der Waals surface area contributed by atoms with Crippen molar-refractivity contribution < 1.29 is 28.0 Å². The van der Waals surface area contributed by atoms with Gasteiger partial charge >= 0.3 is 0 Å². The lowest BCUT2D eigenvalue weighted by Gasteiger charge is -2.55. The van der Waals surface area contributed by atoms with Crippen LogP contribution in [0.4, 0.5) is 14.5 Å². The summed E-state index contributed by atoms with van der Waals surface area (Å²) in [5.74, 6) is -2.79. The van der Waals surface area contributed by atoms with Gasteiger partial charge in [0.25, 0.3) is 11.8 Å². The largest absolute Gasteiger partial charge is 0.370 e. The predicted octanol–water partition coefficient (Wildman–Crippen LogP) is 2.47. The molecule has 0 aromatic heterocycles. The number of rotatable bonds is 3. The van der Waals surface area contributed by atoms with Gasteiger partial charge in [-0.05, 0) is 55.2 Å². The van der Waals surface area contributed by atoms with Gasteiger partial charge in [0.15, 0.2) is 0 Å². The number of carbonyl (C=O) groups is 4. The smallest absolute Gasteiger partial charge is 0.255 e. The molecule has 0 bridgehead atoms. The SMILES string of the molecule is O=C1CCC(N2Cc3cc(N4CC5(CCN(C(=O)c6cc(F)cc(F)c6)CC5)C4)ccc3C2=O)C(=O)N1. The van der Waals surface area contributed by atoms with Crippen LogP contribution in [0.5, 0.6) is 0 Å². The van der Waals surface area contributed by atoms with Crippen molar-refractivity contribution in [2.24, 2.45) is 5.41 Å². The van der Waals surface area contributed by atoms with Crippen molar-refractivity contribution in [1.82, 2.24) is 15.1 Å². The van der Waals surface area contributed by atoms with Gasteiger partial charge in [-0.25, -0.2) is 8.78 Å². The third-order valence-corrected chi connectivity index (χ3v) is 8.15. The van der Waals surface area contributed by atoms with Crippen LogP contribution in [-0.4, -0.2) is 65.6 Å². The van der Waals surface area contributed by atoms with E-state index in [1.807, 2.05) is 18.2 Å². The minimum atomic E-state index is -0.761. The number of carbonyl (C=O) groups excluding carboxylic acids is 4. The van der Waals surface area contributed by atoms with Crippen LogP contribution >= 0.6 is 0 Å². The Balaban J connectivity index is 1.07. The summed E-state index contributed by atoms with van der Waals surface area (Å²) in [5.41, 5.74) is 2.58. The van der Waals surface area contributed by atoms with Gasteiger partial charge < -0.3 is 14.7 Å². The van der Waals surface area contributed by atoms with E-state index in [9.17, 15) is 28.0 Å². The van der Waals surface area contributed by atoms with Crippen molar-refractivity contribution in [3.05, 3.63) is 64.7 Å². The molecule has 6 rings (SSSR count). The Bertz CT molecular complexity index is 1310. The van der Waals surface area contributed by atoms with Crippen LogP contribution in [0.3, 0.4) is 0 Å². The van der Waals surface area contributed by atoms with E-state index < -0.39 is 23.6 Å². The Labute approximate surface area is 212 Å². The monoisotopic (exact) mass is 508 g/mol. The lowest BCUT2D eigenvalue weighted by molar-refractivity contribution is -0.136. The first kappa shape index (κ1) is 23.6. The second-order valence-electron chi connectivity index (χ2n) is 10.5. The number of imide groups is 1. The van der Waals surface area contributed by atoms with Crippen LogP contribution in [0, 0.1) is 17.0 Å². The molecular formula is C27H26F2N4O4. The summed E-state index contributed by atoms with van der Waals surface area (Å²) < 4.78 is 27.1. The van der Waals surface area contributed by atoms with Crippen molar-refractivity contribution in [2.75, 3.05) is 31.1 Å². The molecule has 3 fully saturated rings. The lowest BCUT2D eigenvalue weighted by Crippen LogP contribution is -2.61. The number of likely N-dealkylation sites (tertiary alicyclic amines) is 1. The zero-order valence-corrected chi connectivity index (χ0v) is 20.1. The number of piperidine rings is 2. The molecule has 2 aromatic carbocycles. The molecule has 4 aliphatic heterocycles. The topological polar surface area (TPSA) is 90.0 Å². The maximum atomic E-state index is 13.5. The van der Waals surface area contributed by atoms with Gasteiger partial charge in [0.1, 0.15) is 17.7 Å². The summed E-state index contributed by atoms with van der Waals surface area (Å²) >= 11 is 0. The number of nitrogens with zero attached hydrogens (tertiary/aromatic N) is 3. The molecule has 1 atom stereocenters. The van der Waals surface area contributed by atoms with Crippen molar-refractivity contribution in [2.45, 2.75) is 38.3 Å². The number of hydrogen-bond acceptors (Lipinski definition) is 5. The fourth-order valence-corrected chi connectivity index (χ4v) is 6.06. The first-order valence-corrected chi connectivity index (χ1v) is 12.5. The molecule has 1 unspecified atom stereocenters. The summed E-state index contributed by atoms with van der Waals surface area (Å²) in [7, 11) is 0. The molecule has 4 aliphatic rings.